The van der Waals surface area contributed by atoms with Crippen LogP contribution in [0.4, 0.5) is 11.5 Å². The summed E-state index contributed by atoms with van der Waals surface area (Å²) in [5.41, 5.74) is 4.16. The molecule has 0 saturated heterocycles. The number of hydrogen-bond acceptors (Lipinski definition) is 5. The number of hydrogen-bond donors (Lipinski definition) is 2. The Balaban J connectivity index is 1.54. The van der Waals surface area contributed by atoms with Crippen LogP contribution in [-0.2, 0) is 17.8 Å². The van der Waals surface area contributed by atoms with Crippen LogP contribution < -0.4 is 20.1 Å². The zero-order valence-corrected chi connectivity index (χ0v) is 16.9. The van der Waals surface area contributed by atoms with Gasteiger partial charge in [0.2, 0.25) is 5.91 Å². The molecule has 0 bridgehead atoms. The van der Waals surface area contributed by atoms with Gasteiger partial charge in [-0.1, -0.05) is 35.9 Å². The first-order chi connectivity index (χ1) is 14.1. The van der Waals surface area contributed by atoms with Crippen molar-refractivity contribution in [2.75, 3.05) is 24.9 Å². The summed E-state index contributed by atoms with van der Waals surface area (Å²) in [6.45, 7) is 2.79. The number of benzene rings is 2. The molecule has 0 atom stereocenters. The number of ether oxygens (including phenoxy) is 2. The number of aromatic nitrogens is 1. The van der Waals surface area contributed by atoms with Gasteiger partial charge in [0.15, 0.2) is 11.5 Å². The number of amides is 1. The van der Waals surface area contributed by atoms with Crippen molar-refractivity contribution in [1.29, 1.82) is 0 Å². The van der Waals surface area contributed by atoms with Gasteiger partial charge >= 0.3 is 0 Å². The number of carbonyl (C=O) groups is 1. The predicted molar refractivity (Wildman–Crippen MR) is 115 cm³/mol. The monoisotopic (exact) mass is 391 g/mol. The number of nitrogens with zero attached hydrogens (tertiary/aromatic N) is 1. The van der Waals surface area contributed by atoms with Crippen molar-refractivity contribution in [2.24, 2.45) is 0 Å². The predicted octanol–water partition coefficient (Wildman–Crippen LogP) is 4.20. The summed E-state index contributed by atoms with van der Waals surface area (Å²) in [5, 5.41) is 6.15. The van der Waals surface area contributed by atoms with Gasteiger partial charge in [0.1, 0.15) is 5.82 Å². The number of rotatable bonds is 8. The van der Waals surface area contributed by atoms with Crippen molar-refractivity contribution in [3.8, 4) is 11.5 Å². The molecule has 0 radical (unpaired) electrons. The first-order valence-electron chi connectivity index (χ1n) is 9.33. The van der Waals surface area contributed by atoms with Crippen LogP contribution in [0.15, 0.2) is 60.8 Å². The van der Waals surface area contributed by atoms with E-state index in [1.807, 2.05) is 18.2 Å². The van der Waals surface area contributed by atoms with Crippen molar-refractivity contribution in [3.05, 3.63) is 77.5 Å². The smallest absolute Gasteiger partial charge is 0.229 e. The maximum atomic E-state index is 12.3. The molecule has 1 heterocycles. The van der Waals surface area contributed by atoms with E-state index < -0.39 is 0 Å². The highest BCUT2D eigenvalue weighted by Gasteiger charge is 2.09. The van der Waals surface area contributed by atoms with Crippen LogP contribution in [0.1, 0.15) is 16.7 Å². The molecule has 0 aliphatic rings. The van der Waals surface area contributed by atoms with Crippen molar-refractivity contribution in [2.45, 2.75) is 19.9 Å². The van der Waals surface area contributed by atoms with E-state index in [0.29, 0.717) is 23.9 Å². The molecule has 1 aromatic heterocycles. The summed E-state index contributed by atoms with van der Waals surface area (Å²) in [4.78, 5) is 16.6. The molecule has 6 heteroatoms. The fraction of sp³-hybridized carbons (Fsp3) is 0.217. The Morgan fingerprint density at radius 2 is 1.79 bits per heavy atom. The van der Waals surface area contributed by atoms with Gasteiger partial charge < -0.3 is 20.1 Å². The SMILES string of the molecule is COc1ccc(CC(=O)Nc2ccc(NCc3cccc(C)c3)cn2)cc1OC. The molecule has 1 amide bonds. The minimum atomic E-state index is -0.148. The topological polar surface area (TPSA) is 72.5 Å². The standard InChI is InChI=1S/C23H25N3O3/c1-16-5-4-6-18(11-16)14-24-19-8-10-22(25-15-19)26-23(27)13-17-7-9-20(28-2)21(12-17)29-3/h4-12,15,24H,13-14H2,1-3H3,(H,25,26,27). The van der Waals surface area contributed by atoms with Crippen LogP contribution >= 0.6 is 0 Å². The molecule has 3 aromatic rings. The molecule has 0 unspecified atom stereocenters. The van der Waals surface area contributed by atoms with Crippen LogP contribution in [-0.4, -0.2) is 25.1 Å². The molecule has 0 aliphatic carbocycles. The van der Waals surface area contributed by atoms with E-state index in [4.69, 9.17) is 9.47 Å². The quantitative estimate of drug-likeness (QED) is 0.602. The summed E-state index contributed by atoms with van der Waals surface area (Å²) in [5.74, 6) is 1.59. The van der Waals surface area contributed by atoms with Crippen LogP contribution in [0.25, 0.3) is 0 Å². The molecule has 0 fully saturated rings. The third kappa shape index (κ3) is 5.72. The summed E-state index contributed by atoms with van der Waals surface area (Å²) in [6.07, 6.45) is 1.93. The van der Waals surface area contributed by atoms with Crippen molar-refractivity contribution < 1.29 is 14.3 Å². The molecular weight excluding hydrogens is 366 g/mol. The van der Waals surface area contributed by atoms with Gasteiger partial charge in [0.25, 0.3) is 0 Å². The largest absolute Gasteiger partial charge is 0.493 e. The Kier molecular flexibility index (Phi) is 6.68. The second-order valence-electron chi connectivity index (χ2n) is 6.69. The molecule has 0 saturated carbocycles. The fourth-order valence-electron chi connectivity index (χ4n) is 2.96. The van der Waals surface area contributed by atoms with E-state index in [9.17, 15) is 4.79 Å². The summed E-state index contributed by atoms with van der Waals surface area (Å²) in [6, 6.07) is 17.4. The van der Waals surface area contributed by atoms with E-state index in [-0.39, 0.29) is 12.3 Å². The molecule has 0 aliphatic heterocycles. The van der Waals surface area contributed by atoms with Gasteiger partial charge in [0.05, 0.1) is 32.5 Å². The van der Waals surface area contributed by atoms with Gasteiger partial charge in [-0.3, -0.25) is 4.79 Å². The normalized spacial score (nSPS) is 10.3. The minimum Gasteiger partial charge on any atom is -0.493 e. The minimum absolute atomic E-state index is 0.148. The van der Waals surface area contributed by atoms with E-state index in [1.54, 1.807) is 38.6 Å². The zero-order chi connectivity index (χ0) is 20.6. The zero-order valence-electron chi connectivity index (χ0n) is 16.9. The van der Waals surface area contributed by atoms with Crippen LogP contribution in [0.2, 0.25) is 0 Å². The van der Waals surface area contributed by atoms with E-state index in [0.717, 1.165) is 11.3 Å². The Labute approximate surface area is 170 Å². The average Bonchev–Trinajstić information content (AvgIpc) is 2.73. The first kappa shape index (κ1) is 20.2. The van der Waals surface area contributed by atoms with Crippen molar-refractivity contribution in [1.82, 2.24) is 4.98 Å². The molecule has 2 N–H and O–H groups in total. The van der Waals surface area contributed by atoms with Gasteiger partial charge in [0, 0.05) is 6.54 Å². The van der Waals surface area contributed by atoms with Crippen molar-refractivity contribution in [3.63, 3.8) is 0 Å². The number of nitrogens with one attached hydrogen (secondary N) is 2. The third-order valence-corrected chi connectivity index (χ3v) is 4.42. The maximum absolute atomic E-state index is 12.3. The molecule has 150 valence electrons. The van der Waals surface area contributed by atoms with Gasteiger partial charge in [-0.2, -0.15) is 0 Å². The van der Waals surface area contributed by atoms with E-state index >= 15 is 0 Å². The lowest BCUT2D eigenvalue weighted by molar-refractivity contribution is -0.115. The Morgan fingerprint density at radius 1 is 0.966 bits per heavy atom. The lowest BCUT2D eigenvalue weighted by atomic mass is 10.1. The number of pyridine rings is 1. The highest BCUT2D eigenvalue weighted by atomic mass is 16.5. The lowest BCUT2D eigenvalue weighted by Crippen LogP contribution is -2.15. The molecule has 0 spiro atoms. The Bertz CT molecular complexity index is 971. The van der Waals surface area contributed by atoms with Gasteiger partial charge in [-0.15, -0.1) is 0 Å². The Hall–Kier alpha value is -3.54. The second-order valence-corrected chi connectivity index (χ2v) is 6.69. The van der Waals surface area contributed by atoms with Crippen LogP contribution in [0.3, 0.4) is 0 Å². The highest BCUT2D eigenvalue weighted by molar-refractivity contribution is 5.91. The molecule has 2 aromatic carbocycles. The van der Waals surface area contributed by atoms with Crippen molar-refractivity contribution >= 4 is 17.4 Å². The number of carbonyl (C=O) groups excluding carboxylic acids is 1. The number of aryl methyl sites for hydroxylation is 1. The number of anilines is 2. The molecule has 3 rings (SSSR count). The average molecular weight is 391 g/mol. The fourth-order valence-corrected chi connectivity index (χ4v) is 2.96. The van der Waals surface area contributed by atoms with Gasteiger partial charge in [-0.05, 0) is 42.3 Å². The summed E-state index contributed by atoms with van der Waals surface area (Å²) in [7, 11) is 3.15. The van der Waals surface area contributed by atoms with E-state index in [1.165, 1.54) is 11.1 Å². The highest BCUT2D eigenvalue weighted by Crippen LogP contribution is 2.27. The molecule has 29 heavy (non-hydrogen) atoms. The van der Waals surface area contributed by atoms with Crippen LogP contribution in [0.5, 0.6) is 11.5 Å². The molecular formula is C23H25N3O3. The first-order valence-corrected chi connectivity index (χ1v) is 9.33. The van der Waals surface area contributed by atoms with Crippen LogP contribution in [0, 0.1) is 6.92 Å². The number of methoxy groups -OCH3 is 2. The second kappa shape index (κ2) is 9.59. The molecule has 6 nitrogen and oxygen atoms in total. The summed E-state index contributed by atoms with van der Waals surface area (Å²) < 4.78 is 10.5. The maximum Gasteiger partial charge on any atom is 0.229 e. The Morgan fingerprint density at radius 3 is 2.48 bits per heavy atom. The van der Waals surface area contributed by atoms with E-state index in [2.05, 4.69) is 40.7 Å². The summed E-state index contributed by atoms with van der Waals surface area (Å²) >= 11 is 0. The lowest BCUT2D eigenvalue weighted by Gasteiger charge is -2.10. The third-order valence-electron chi connectivity index (χ3n) is 4.42. The van der Waals surface area contributed by atoms with Gasteiger partial charge in [-0.25, -0.2) is 4.98 Å².